The quantitative estimate of drug-likeness (QED) is 0.291. The van der Waals surface area contributed by atoms with E-state index in [4.69, 9.17) is 0 Å². The van der Waals surface area contributed by atoms with E-state index in [1.165, 1.54) is 77.0 Å². The van der Waals surface area contributed by atoms with Gasteiger partial charge in [-0.3, -0.25) is 0 Å². The van der Waals surface area contributed by atoms with E-state index in [0.717, 1.165) is 25.8 Å². The van der Waals surface area contributed by atoms with Crippen LogP contribution >= 0.6 is 0 Å². The van der Waals surface area contributed by atoms with Crippen molar-refractivity contribution in [2.24, 2.45) is 0 Å². The van der Waals surface area contributed by atoms with E-state index in [-0.39, 0.29) is 0 Å². The van der Waals surface area contributed by atoms with Gasteiger partial charge in [0.2, 0.25) is 0 Å². The highest BCUT2D eigenvalue weighted by atomic mass is 16.1. The minimum Gasteiger partial charge on any atom is -0.317 e. The molecule has 0 spiro atoms. The summed E-state index contributed by atoms with van der Waals surface area (Å²) in [6.07, 6.45) is 19.6. The third-order valence-electron chi connectivity index (χ3n) is 3.88. The molecule has 0 saturated carbocycles. The van der Waals surface area contributed by atoms with Gasteiger partial charge in [0, 0.05) is 6.42 Å². The van der Waals surface area contributed by atoms with Gasteiger partial charge in [-0.25, -0.2) is 0 Å². The van der Waals surface area contributed by atoms with Crippen molar-refractivity contribution in [2.45, 2.75) is 96.8 Å². The molecule has 0 aromatic rings. The van der Waals surface area contributed by atoms with Crippen LogP contribution in [-0.4, -0.2) is 19.4 Å². The normalized spacial score (nSPS) is 10.8. The predicted octanol–water partition coefficient (Wildman–Crippen LogP) is 5.26. The van der Waals surface area contributed by atoms with Crippen molar-refractivity contribution in [2.75, 3.05) is 13.1 Å². The molecular weight excluding hydrogens is 246 g/mol. The van der Waals surface area contributed by atoms with Gasteiger partial charge in [-0.1, -0.05) is 77.6 Å². The number of aldehydes is 1. The third-order valence-corrected chi connectivity index (χ3v) is 3.88. The lowest BCUT2D eigenvalue weighted by Gasteiger charge is -2.04. The molecule has 2 heteroatoms. The first-order chi connectivity index (χ1) is 9.91. The summed E-state index contributed by atoms with van der Waals surface area (Å²) in [6.45, 7) is 4.40. The molecular formula is C18H37NO. The van der Waals surface area contributed by atoms with Crippen molar-refractivity contribution in [1.82, 2.24) is 5.32 Å². The zero-order chi connectivity index (χ0) is 14.7. The summed E-state index contributed by atoms with van der Waals surface area (Å²) in [5, 5.41) is 3.40. The Balaban J connectivity index is 2.90. The zero-order valence-electron chi connectivity index (χ0n) is 13.8. The summed E-state index contributed by atoms with van der Waals surface area (Å²) in [4.78, 5) is 10.1. The molecule has 0 heterocycles. The number of hydrogen-bond donors (Lipinski definition) is 1. The molecule has 0 saturated heterocycles. The van der Waals surface area contributed by atoms with Crippen LogP contribution < -0.4 is 5.32 Å². The van der Waals surface area contributed by atoms with Crippen LogP contribution in [0.1, 0.15) is 96.8 Å². The molecule has 0 aliphatic carbocycles. The SMILES string of the molecule is CCCCCCCCCCCCCCNCCCC=O. The molecule has 0 unspecified atom stereocenters. The van der Waals surface area contributed by atoms with Crippen molar-refractivity contribution >= 4 is 6.29 Å². The second-order valence-electron chi connectivity index (χ2n) is 5.95. The molecule has 0 aromatic heterocycles. The highest BCUT2D eigenvalue weighted by Crippen LogP contribution is 2.11. The molecule has 0 amide bonds. The summed E-state index contributed by atoms with van der Waals surface area (Å²) in [5.74, 6) is 0. The van der Waals surface area contributed by atoms with Gasteiger partial charge in [-0.05, 0) is 25.9 Å². The Morgan fingerprint density at radius 3 is 1.60 bits per heavy atom. The fraction of sp³-hybridized carbons (Fsp3) is 0.944. The molecule has 0 atom stereocenters. The van der Waals surface area contributed by atoms with Gasteiger partial charge >= 0.3 is 0 Å². The monoisotopic (exact) mass is 283 g/mol. The number of rotatable bonds is 17. The zero-order valence-corrected chi connectivity index (χ0v) is 13.8. The fourth-order valence-corrected chi connectivity index (χ4v) is 2.53. The molecule has 20 heavy (non-hydrogen) atoms. The highest BCUT2D eigenvalue weighted by Gasteiger charge is 1.93. The molecule has 0 fully saturated rings. The molecule has 120 valence electrons. The maximum atomic E-state index is 10.1. The molecule has 0 rings (SSSR count). The van der Waals surface area contributed by atoms with E-state index >= 15 is 0 Å². The first-order valence-corrected chi connectivity index (χ1v) is 9.06. The summed E-state index contributed by atoms with van der Waals surface area (Å²) < 4.78 is 0. The first-order valence-electron chi connectivity index (χ1n) is 9.06. The lowest BCUT2D eigenvalue weighted by Crippen LogP contribution is -2.16. The smallest absolute Gasteiger partial charge is 0.120 e. The summed E-state index contributed by atoms with van der Waals surface area (Å²) in [7, 11) is 0. The van der Waals surface area contributed by atoms with Crippen LogP contribution in [0.5, 0.6) is 0 Å². The first kappa shape index (κ1) is 19.6. The Bertz CT molecular complexity index is 182. The van der Waals surface area contributed by atoms with Crippen molar-refractivity contribution < 1.29 is 4.79 Å². The lowest BCUT2D eigenvalue weighted by atomic mass is 10.1. The second-order valence-corrected chi connectivity index (χ2v) is 5.95. The van der Waals surface area contributed by atoms with E-state index in [1.54, 1.807) is 0 Å². The molecule has 0 aliphatic rings. The summed E-state index contributed by atoms with van der Waals surface area (Å²) in [6, 6.07) is 0. The Kier molecular flexibility index (Phi) is 18.3. The lowest BCUT2D eigenvalue weighted by molar-refractivity contribution is -0.107. The molecule has 0 aliphatic heterocycles. The van der Waals surface area contributed by atoms with Crippen LogP contribution in [0, 0.1) is 0 Å². The summed E-state index contributed by atoms with van der Waals surface area (Å²) >= 11 is 0. The molecule has 0 bridgehead atoms. The van der Waals surface area contributed by atoms with E-state index in [1.807, 2.05) is 0 Å². The third kappa shape index (κ3) is 17.6. The van der Waals surface area contributed by atoms with Gasteiger partial charge in [0.05, 0.1) is 0 Å². The number of nitrogens with one attached hydrogen (secondary N) is 1. The standard InChI is InChI=1S/C18H37NO/c1-2-3-4-5-6-7-8-9-10-11-12-13-16-19-17-14-15-18-20/h18-19H,2-17H2,1H3. The largest absolute Gasteiger partial charge is 0.317 e. The van der Waals surface area contributed by atoms with Crippen LogP contribution in [0.3, 0.4) is 0 Å². The Hall–Kier alpha value is -0.370. The Morgan fingerprint density at radius 2 is 1.10 bits per heavy atom. The van der Waals surface area contributed by atoms with E-state index in [2.05, 4.69) is 12.2 Å². The molecule has 0 radical (unpaired) electrons. The van der Waals surface area contributed by atoms with E-state index in [9.17, 15) is 4.79 Å². The van der Waals surface area contributed by atoms with E-state index in [0.29, 0.717) is 6.42 Å². The maximum absolute atomic E-state index is 10.1. The molecule has 2 nitrogen and oxygen atoms in total. The van der Waals surface area contributed by atoms with Gasteiger partial charge in [-0.15, -0.1) is 0 Å². The highest BCUT2D eigenvalue weighted by molar-refractivity contribution is 5.48. The molecule has 0 aromatic carbocycles. The number of carbonyl (C=O) groups is 1. The second kappa shape index (κ2) is 18.6. The van der Waals surface area contributed by atoms with E-state index < -0.39 is 0 Å². The van der Waals surface area contributed by atoms with Gasteiger partial charge in [0.1, 0.15) is 6.29 Å². The predicted molar refractivity (Wildman–Crippen MR) is 89.2 cm³/mol. The number of carbonyl (C=O) groups excluding carboxylic acids is 1. The molecule has 1 N–H and O–H groups in total. The van der Waals surface area contributed by atoms with Crippen LogP contribution in [0.15, 0.2) is 0 Å². The fourth-order valence-electron chi connectivity index (χ4n) is 2.53. The Labute approximate surface area is 127 Å². The van der Waals surface area contributed by atoms with Crippen molar-refractivity contribution in [3.8, 4) is 0 Å². The van der Waals surface area contributed by atoms with Gasteiger partial charge < -0.3 is 10.1 Å². The Morgan fingerprint density at radius 1 is 0.650 bits per heavy atom. The van der Waals surface area contributed by atoms with Crippen LogP contribution in [-0.2, 0) is 4.79 Å². The van der Waals surface area contributed by atoms with Gasteiger partial charge in [-0.2, -0.15) is 0 Å². The maximum Gasteiger partial charge on any atom is 0.120 e. The average Bonchev–Trinajstić information content (AvgIpc) is 2.47. The average molecular weight is 283 g/mol. The van der Waals surface area contributed by atoms with Crippen molar-refractivity contribution in [3.05, 3.63) is 0 Å². The topological polar surface area (TPSA) is 29.1 Å². The minimum absolute atomic E-state index is 0.700. The van der Waals surface area contributed by atoms with Crippen molar-refractivity contribution in [1.29, 1.82) is 0 Å². The van der Waals surface area contributed by atoms with Crippen LogP contribution in [0.25, 0.3) is 0 Å². The van der Waals surface area contributed by atoms with Gasteiger partial charge in [0.15, 0.2) is 0 Å². The number of hydrogen-bond acceptors (Lipinski definition) is 2. The van der Waals surface area contributed by atoms with Crippen LogP contribution in [0.2, 0.25) is 0 Å². The van der Waals surface area contributed by atoms with Crippen molar-refractivity contribution in [3.63, 3.8) is 0 Å². The van der Waals surface area contributed by atoms with Gasteiger partial charge in [0.25, 0.3) is 0 Å². The number of unbranched alkanes of at least 4 members (excludes halogenated alkanes) is 12. The van der Waals surface area contributed by atoms with Crippen LogP contribution in [0.4, 0.5) is 0 Å². The minimum atomic E-state index is 0.700. The summed E-state index contributed by atoms with van der Waals surface area (Å²) in [5.41, 5.74) is 0.